The molecule has 0 saturated heterocycles. The van der Waals surface area contributed by atoms with Crippen LogP contribution < -0.4 is 15.6 Å². The molecule has 0 spiro atoms. The van der Waals surface area contributed by atoms with Crippen LogP contribution in [0, 0.1) is 5.82 Å². The van der Waals surface area contributed by atoms with Gasteiger partial charge in [0.25, 0.3) is 15.9 Å². The molecule has 9 nitrogen and oxygen atoms in total. The lowest BCUT2D eigenvalue weighted by Gasteiger charge is -2.18. The van der Waals surface area contributed by atoms with Crippen LogP contribution in [0.15, 0.2) is 70.6 Å². The van der Waals surface area contributed by atoms with E-state index in [0.717, 1.165) is 18.2 Å². The maximum atomic E-state index is 13.1. The summed E-state index contributed by atoms with van der Waals surface area (Å²) in [6, 6.07) is 9.97. The summed E-state index contributed by atoms with van der Waals surface area (Å²) in [5.41, 5.74) is 0.0974. The molecule has 176 valence electrons. The van der Waals surface area contributed by atoms with Crippen LogP contribution in [-0.4, -0.2) is 29.1 Å². The first-order valence-electron chi connectivity index (χ1n) is 10.2. The fourth-order valence-corrected chi connectivity index (χ4v) is 4.36. The van der Waals surface area contributed by atoms with Gasteiger partial charge in [0.1, 0.15) is 5.82 Å². The summed E-state index contributed by atoms with van der Waals surface area (Å²) < 4.78 is 42.9. The van der Waals surface area contributed by atoms with Crippen molar-refractivity contribution in [2.45, 2.75) is 31.2 Å². The van der Waals surface area contributed by atoms with Crippen LogP contribution >= 0.6 is 0 Å². The standard InChI is InChI=1S/C23H22FN5O4S/c1-23(2,3)29-13-16(12-25-29)26-22(31)19-11-21(30)27-20-9-8-17(10-18(19)20)34(32,33)28-15-6-4-14(24)5-7-15/h4-13,28H,1-3H3,(H,26,31)(H,27,30). The lowest BCUT2D eigenvalue weighted by Crippen LogP contribution is -2.22. The Bertz CT molecular complexity index is 1550. The molecule has 4 aromatic rings. The third kappa shape index (κ3) is 4.84. The van der Waals surface area contributed by atoms with Crippen LogP contribution in [0.1, 0.15) is 31.1 Å². The quantitative estimate of drug-likeness (QED) is 0.399. The second-order valence-corrected chi connectivity index (χ2v) is 10.3. The molecule has 1 amide bonds. The Morgan fingerprint density at radius 3 is 2.41 bits per heavy atom. The van der Waals surface area contributed by atoms with Gasteiger partial charge in [-0.1, -0.05) is 0 Å². The number of pyridine rings is 1. The van der Waals surface area contributed by atoms with Crippen LogP contribution in [0.2, 0.25) is 0 Å². The Hall–Kier alpha value is -3.99. The van der Waals surface area contributed by atoms with Crippen molar-refractivity contribution in [1.82, 2.24) is 14.8 Å². The van der Waals surface area contributed by atoms with Gasteiger partial charge in [-0.2, -0.15) is 5.10 Å². The van der Waals surface area contributed by atoms with Gasteiger partial charge in [-0.15, -0.1) is 0 Å². The zero-order valence-electron chi connectivity index (χ0n) is 18.6. The number of nitrogens with zero attached hydrogens (tertiary/aromatic N) is 2. The van der Waals surface area contributed by atoms with Crippen LogP contribution in [0.25, 0.3) is 10.9 Å². The van der Waals surface area contributed by atoms with E-state index in [2.05, 4.69) is 20.1 Å². The molecular formula is C23H22FN5O4S. The monoisotopic (exact) mass is 483 g/mol. The van der Waals surface area contributed by atoms with Gasteiger partial charge in [-0.05, 0) is 63.2 Å². The summed E-state index contributed by atoms with van der Waals surface area (Å²) >= 11 is 0. The summed E-state index contributed by atoms with van der Waals surface area (Å²) in [7, 11) is -4.05. The molecule has 3 N–H and O–H groups in total. The van der Waals surface area contributed by atoms with Crippen molar-refractivity contribution >= 4 is 38.2 Å². The molecule has 2 heterocycles. The van der Waals surface area contributed by atoms with Crippen LogP contribution in [0.4, 0.5) is 15.8 Å². The molecule has 0 aliphatic heterocycles. The third-order valence-electron chi connectivity index (χ3n) is 4.99. The zero-order chi connectivity index (χ0) is 24.7. The van der Waals surface area contributed by atoms with Gasteiger partial charge in [-0.25, -0.2) is 12.8 Å². The number of carbonyl (C=O) groups is 1. The average Bonchev–Trinajstić information content (AvgIpc) is 3.23. The molecule has 0 bridgehead atoms. The number of anilines is 2. The third-order valence-corrected chi connectivity index (χ3v) is 6.37. The first-order chi connectivity index (χ1) is 15.9. The predicted octanol–water partition coefficient (Wildman–Crippen LogP) is 3.67. The molecule has 0 radical (unpaired) electrons. The number of nitrogens with one attached hydrogen (secondary N) is 3. The van der Waals surface area contributed by atoms with Crippen molar-refractivity contribution < 1.29 is 17.6 Å². The Balaban J connectivity index is 1.70. The van der Waals surface area contributed by atoms with E-state index in [0.29, 0.717) is 11.2 Å². The number of aromatic amines is 1. The van der Waals surface area contributed by atoms with E-state index in [1.165, 1.54) is 36.5 Å². The van der Waals surface area contributed by atoms with Gasteiger partial charge in [0.15, 0.2) is 0 Å². The molecule has 0 aliphatic rings. The van der Waals surface area contributed by atoms with Gasteiger partial charge in [-0.3, -0.25) is 19.0 Å². The topological polar surface area (TPSA) is 126 Å². The molecule has 0 aliphatic carbocycles. The first kappa shape index (κ1) is 23.2. The fraction of sp³-hybridized carbons (Fsp3) is 0.174. The molecule has 34 heavy (non-hydrogen) atoms. The lowest BCUT2D eigenvalue weighted by atomic mass is 10.1. The summed E-state index contributed by atoms with van der Waals surface area (Å²) in [5, 5.41) is 7.16. The minimum atomic E-state index is -4.05. The van der Waals surface area contributed by atoms with Crippen molar-refractivity contribution in [3.8, 4) is 0 Å². The summed E-state index contributed by atoms with van der Waals surface area (Å²) in [6.07, 6.45) is 3.15. The highest BCUT2D eigenvalue weighted by molar-refractivity contribution is 7.92. The maximum Gasteiger partial charge on any atom is 0.261 e. The molecule has 0 fully saturated rings. The highest BCUT2D eigenvalue weighted by Crippen LogP contribution is 2.24. The van der Waals surface area contributed by atoms with E-state index in [1.54, 1.807) is 10.9 Å². The van der Waals surface area contributed by atoms with Crippen molar-refractivity contribution in [2.24, 2.45) is 0 Å². The van der Waals surface area contributed by atoms with E-state index in [1.807, 2.05) is 20.8 Å². The predicted molar refractivity (Wildman–Crippen MR) is 127 cm³/mol. The molecule has 11 heteroatoms. The number of hydrogen-bond acceptors (Lipinski definition) is 5. The number of H-pyrrole nitrogens is 1. The van der Waals surface area contributed by atoms with Gasteiger partial charge in [0.2, 0.25) is 5.56 Å². The van der Waals surface area contributed by atoms with E-state index in [-0.39, 0.29) is 27.1 Å². The molecule has 4 rings (SSSR count). The maximum absolute atomic E-state index is 13.1. The largest absolute Gasteiger partial charge is 0.322 e. The molecule has 2 aromatic carbocycles. The van der Waals surface area contributed by atoms with E-state index in [9.17, 15) is 22.4 Å². The number of aromatic nitrogens is 3. The summed E-state index contributed by atoms with van der Waals surface area (Å²) in [5.74, 6) is -1.09. The molecule has 0 atom stereocenters. The Morgan fingerprint density at radius 2 is 1.76 bits per heavy atom. The first-order valence-corrected chi connectivity index (χ1v) is 11.7. The molecule has 2 aromatic heterocycles. The van der Waals surface area contributed by atoms with E-state index in [4.69, 9.17) is 0 Å². The van der Waals surface area contributed by atoms with E-state index < -0.39 is 27.3 Å². The van der Waals surface area contributed by atoms with Crippen molar-refractivity contribution in [2.75, 3.05) is 10.0 Å². The van der Waals surface area contributed by atoms with Crippen molar-refractivity contribution in [3.63, 3.8) is 0 Å². The number of sulfonamides is 1. The van der Waals surface area contributed by atoms with Crippen molar-refractivity contribution in [3.05, 3.63) is 82.7 Å². The second-order valence-electron chi connectivity index (χ2n) is 8.67. The Morgan fingerprint density at radius 1 is 1.06 bits per heavy atom. The van der Waals surface area contributed by atoms with E-state index >= 15 is 0 Å². The smallest absolute Gasteiger partial charge is 0.261 e. The Kier molecular flexibility index (Phi) is 5.74. The zero-order valence-corrected chi connectivity index (χ0v) is 19.4. The number of benzene rings is 2. The SMILES string of the molecule is CC(C)(C)n1cc(NC(=O)c2cc(=O)[nH]c3ccc(S(=O)(=O)Nc4ccc(F)cc4)cc23)cn1. The van der Waals surface area contributed by atoms with Gasteiger partial charge in [0.05, 0.1) is 27.9 Å². The number of fused-ring (bicyclic) bond motifs is 1. The minimum Gasteiger partial charge on any atom is -0.322 e. The van der Waals surface area contributed by atoms with Gasteiger partial charge < -0.3 is 10.3 Å². The minimum absolute atomic E-state index is 0.00101. The van der Waals surface area contributed by atoms with Crippen LogP contribution in [-0.2, 0) is 15.6 Å². The van der Waals surface area contributed by atoms with Crippen LogP contribution in [0.3, 0.4) is 0 Å². The number of hydrogen-bond donors (Lipinski definition) is 3. The van der Waals surface area contributed by atoms with Gasteiger partial charge >= 0.3 is 0 Å². The number of rotatable bonds is 5. The summed E-state index contributed by atoms with van der Waals surface area (Å²) in [4.78, 5) is 27.6. The molecule has 0 unspecified atom stereocenters. The highest BCUT2D eigenvalue weighted by Gasteiger charge is 2.20. The second kappa shape index (κ2) is 8.41. The number of amides is 1. The fourth-order valence-electron chi connectivity index (χ4n) is 3.27. The van der Waals surface area contributed by atoms with Gasteiger partial charge in [0, 0.05) is 28.9 Å². The van der Waals surface area contributed by atoms with Crippen LogP contribution in [0.5, 0.6) is 0 Å². The number of carbonyl (C=O) groups excluding carboxylic acids is 1. The Labute approximate surface area is 194 Å². The lowest BCUT2D eigenvalue weighted by molar-refractivity contribution is 0.102. The molecule has 0 saturated carbocycles. The average molecular weight is 484 g/mol. The van der Waals surface area contributed by atoms with Crippen molar-refractivity contribution in [1.29, 1.82) is 0 Å². The molecular weight excluding hydrogens is 461 g/mol. The highest BCUT2D eigenvalue weighted by atomic mass is 32.2. The normalized spacial score (nSPS) is 12.0. The number of halogens is 1. The summed E-state index contributed by atoms with van der Waals surface area (Å²) in [6.45, 7) is 5.87.